The molecular formula is C24H26N2O6S. The van der Waals surface area contributed by atoms with Crippen LogP contribution in [-0.2, 0) is 21.3 Å². The van der Waals surface area contributed by atoms with Crippen molar-refractivity contribution in [1.29, 1.82) is 0 Å². The highest BCUT2D eigenvalue weighted by molar-refractivity contribution is 7.89. The predicted molar refractivity (Wildman–Crippen MR) is 124 cm³/mol. The van der Waals surface area contributed by atoms with Gasteiger partial charge in [-0.3, -0.25) is 9.59 Å². The lowest BCUT2D eigenvalue weighted by atomic mass is 10.1. The summed E-state index contributed by atoms with van der Waals surface area (Å²) in [4.78, 5) is 27.2. The number of ketones is 1. The number of rotatable bonds is 8. The molecule has 1 N–H and O–H groups in total. The number of sulfonamides is 1. The van der Waals surface area contributed by atoms with Gasteiger partial charge in [0.25, 0.3) is 5.56 Å². The normalized spacial score (nSPS) is 16.4. The Labute approximate surface area is 192 Å². The molecule has 174 valence electrons. The minimum atomic E-state index is -3.95. The number of nitrogens with zero attached hydrogens (tertiary/aromatic N) is 1. The van der Waals surface area contributed by atoms with Gasteiger partial charge in [0.15, 0.2) is 5.78 Å². The Hall–Kier alpha value is -3.01. The fraction of sp³-hybridized carbons (Fsp3) is 0.333. The predicted octanol–water partition coefficient (Wildman–Crippen LogP) is 3.11. The number of nitrogens with one attached hydrogen (secondary N) is 1. The van der Waals surface area contributed by atoms with Crippen molar-refractivity contribution < 1.29 is 22.7 Å². The van der Waals surface area contributed by atoms with Crippen molar-refractivity contribution in [3.05, 3.63) is 70.0 Å². The fourth-order valence-corrected chi connectivity index (χ4v) is 5.39. The van der Waals surface area contributed by atoms with Gasteiger partial charge >= 0.3 is 0 Å². The number of ether oxygens (including phenoxy) is 2. The number of methoxy groups -OCH3 is 1. The molecule has 1 aromatic heterocycles. The summed E-state index contributed by atoms with van der Waals surface area (Å²) in [5, 5.41) is 0.740. The molecule has 0 spiro atoms. The zero-order valence-corrected chi connectivity index (χ0v) is 19.4. The van der Waals surface area contributed by atoms with E-state index in [9.17, 15) is 18.0 Å². The lowest BCUT2D eigenvalue weighted by Gasteiger charge is -2.25. The molecule has 33 heavy (non-hydrogen) atoms. The van der Waals surface area contributed by atoms with Crippen LogP contribution in [-0.4, -0.2) is 49.9 Å². The van der Waals surface area contributed by atoms with Gasteiger partial charge in [-0.1, -0.05) is 12.1 Å². The monoisotopic (exact) mass is 470 g/mol. The Kier molecular flexibility index (Phi) is 6.64. The van der Waals surface area contributed by atoms with Crippen LogP contribution in [0.4, 0.5) is 0 Å². The molecule has 2 aromatic carbocycles. The van der Waals surface area contributed by atoms with E-state index in [-0.39, 0.29) is 35.4 Å². The molecule has 1 fully saturated rings. The van der Waals surface area contributed by atoms with Gasteiger partial charge in [-0.25, -0.2) is 8.42 Å². The van der Waals surface area contributed by atoms with Crippen LogP contribution in [0.15, 0.2) is 58.2 Å². The van der Waals surface area contributed by atoms with Gasteiger partial charge < -0.3 is 14.5 Å². The van der Waals surface area contributed by atoms with Gasteiger partial charge in [0.05, 0.1) is 18.1 Å². The van der Waals surface area contributed by atoms with Crippen molar-refractivity contribution in [3.8, 4) is 5.75 Å². The van der Waals surface area contributed by atoms with Gasteiger partial charge in [-0.15, -0.1) is 0 Å². The van der Waals surface area contributed by atoms with Gasteiger partial charge in [-0.2, -0.15) is 4.31 Å². The molecule has 0 bridgehead atoms. The summed E-state index contributed by atoms with van der Waals surface area (Å²) in [5.74, 6) is 0.489. The first kappa shape index (κ1) is 23.2. The van der Waals surface area contributed by atoms with Crippen LogP contribution >= 0.6 is 0 Å². The van der Waals surface area contributed by atoms with Crippen LogP contribution < -0.4 is 10.3 Å². The largest absolute Gasteiger partial charge is 0.497 e. The molecule has 0 amide bonds. The number of hydrogen-bond donors (Lipinski definition) is 1. The van der Waals surface area contributed by atoms with Gasteiger partial charge in [0.1, 0.15) is 5.75 Å². The maximum Gasteiger partial charge on any atom is 0.252 e. The van der Waals surface area contributed by atoms with Crippen molar-refractivity contribution in [2.45, 2.75) is 37.3 Å². The number of carbonyl (C=O) groups is 1. The quantitative estimate of drug-likeness (QED) is 0.507. The zero-order valence-electron chi connectivity index (χ0n) is 18.5. The minimum Gasteiger partial charge on any atom is -0.497 e. The maximum atomic E-state index is 13.5. The van der Waals surface area contributed by atoms with Gasteiger partial charge in [0.2, 0.25) is 10.0 Å². The smallest absolute Gasteiger partial charge is 0.252 e. The SMILES string of the molecule is COc1ccc2[nH]c(=O)c(CN(C[C@@H]3CCCO3)S(=O)(=O)c3ccc(C(C)=O)cc3)cc2c1. The first-order chi connectivity index (χ1) is 15.8. The summed E-state index contributed by atoms with van der Waals surface area (Å²) in [6.45, 7) is 2.03. The molecule has 0 unspecified atom stereocenters. The van der Waals surface area contributed by atoms with E-state index in [1.807, 2.05) is 0 Å². The molecule has 1 atom stereocenters. The minimum absolute atomic E-state index is 0.0596. The zero-order chi connectivity index (χ0) is 23.6. The summed E-state index contributed by atoms with van der Waals surface area (Å²) in [6.07, 6.45) is 1.37. The van der Waals surface area contributed by atoms with Crippen molar-refractivity contribution >= 4 is 26.7 Å². The summed E-state index contributed by atoms with van der Waals surface area (Å²) >= 11 is 0. The average molecular weight is 471 g/mol. The highest BCUT2D eigenvalue weighted by Crippen LogP contribution is 2.24. The van der Waals surface area contributed by atoms with Gasteiger partial charge in [0, 0.05) is 41.7 Å². The number of fused-ring (bicyclic) bond motifs is 1. The van der Waals surface area contributed by atoms with Crippen LogP contribution in [0.5, 0.6) is 5.75 Å². The number of carbonyl (C=O) groups excluding carboxylic acids is 1. The highest BCUT2D eigenvalue weighted by Gasteiger charge is 2.30. The van der Waals surface area contributed by atoms with E-state index in [2.05, 4.69) is 4.98 Å². The number of aromatic nitrogens is 1. The summed E-state index contributed by atoms with van der Waals surface area (Å²) in [5.41, 5.74) is 1.03. The van der Waals surface area contributed by atoms with Crippen molar-refractivity contribution in [2.24, 2.45) is 0 Å². The number of Topliss-reactive ketones (excluding diaryl/α,β-unsaturated/α-hetero) is 1. The molecule has 8 nitrogen and oxygen atoms in total. The van der Waals surface area contributed by atoms with E-state index in [4.69, 9.17) is 9.47 Å². The van der Waals surface area contributed by atoms with Crippen molar-refractivity contribution in [2.75, 3.05) is 20.3 Å². The molecule has 3 aromatic rings. The Balaban J connectivity index is 1.72. The third kappa shape index (κ3) is 5.00. The Morgan fingerprint density at radius 3 is 2.58 bits per heavy atom. The molecule has 1 aliphatic heterocycles. The third-order valence-electron chi connectivity index (χ3n) is 5.80. The first-order valence-corrected chi connectivity index (χ1v) is 12.1. The summed E-state index contributed by atoms with van der Waals surface area (Å²) in [6, 6.07) is 12.8. The molecular weight excluding hydrogens is 444 g/mol. The number of H-pyrrole nitrogens is 1. The molecule has 1 aliphatic rings. The van der Waals surface area contributed by atoms with E-state index in [1.54, 1.807) is 31.4 Å². The number of benzene rings is 2. The number of hydrogen-bond acceptors (Lipinski definition) is 6. The Morgan fingerprint density at radius 1 is 1.18 bits per heavy atom. The van der Waals surface area contributed by atoms with Crippen LogP contribution in [0.25, 0.3) is 10.9 Å². The maximum absolute atomic E-state index is 13.5. The van der Waals surface area contributed by atoms with E-state index in [0.29, 0.717) is 29.0 Å². The van der Waals surface area contributed by atoms with E-state index < -0.39 is 10.0 Å². The second kappa shape index (κ2) is 9.46. The standard InChI is InChI=1S/C24H26N2O6S/c1-16(27)17-5-8-22(9-6-17)33(29,30)26(15-21-4-3-11-32-21)14-19-12-18-13-20(31-2)7-10-23(18)25-24(19)28/h5-10,12-13,21H,3-4,11,14-15H2,1-2H3,(H,25,28)/t21-/m0/s1. The summed E-state index contributed by atoms with van der Waals surface area (Å²) in [7, 11) is -2.39. The van der Waals surface area contributed by atoms with Crippen LogP contribution in [0.2, 0.25) is 0 Å². The van der Waals surface area contributed by atoms with Crippen LogP contribution in [0.1, 0.15) is 35.7 Å². The van der Waals surface area contributed by atoms with E-state index in [0.717, 1.165) is 18.2 Å². The Bertz CT molecular complexity index is 1330. The molecule has 4 rings (SSSR count). The first-order valence-electron chi connectivity index (χ1n) is 10.7. The summed E-state index contributed by atoms with van der Waals surface area (Å²) < 4.78 is 39.3. The molecule has 0 radical (unpaired) electrons. The topological polar surface area (TPSA) is 106 Å². The van der Waals surface area contributed by atoms with Crippen molar-refractivity contribution in [3.63, 3.8) is 0 Å². The number of pyridine rings is 1. The lowest BCUT2D eigenvalue weighted by molar-refractivity contribution is 0.0925. The van der Waals surface area contributed by atoms with Crippen LogP contribution in [0, 0.1) is 0 Å². The second-order valence-corrected chi connectivity index (χ2v) is 10.0. The molecule has 9 heteroatoms. The fourth-order valence-electron chi connectivity index (χ4n) is 3.94. The number of aromatic amines is 1. The molecule has 2 heterocycles. The van der Waals surface area contributed by atoms with Gasteiger partial charge in [-0.05, 0) is 56.2 Å². The van der Waals surface area contributed by atoms with E-state index in [1.165, 1.54) is 35.5 Å². The average Bonchev–Trinajstić information content (AvgIpc) is 3.32. The second-order valence-electron chi connectivity index (χ2n) is 8.09. The third-order valence-corrected chi connectivity index (χ3v) is 7.63. The molecule has 0 aliphatic carbocycles. The van der Waals surface area contributed by atoms with Crippen molar-refractivity contribution in [1.82, 2.24) is 9.29 Å². The Morgan fingerprint density at radius 2 is 1.94 bits per heavy atom. The molecule has 0 saturated carbocycles. The molecule has 1 saturated heterocycles. The lowest BCUT2D eigenvalue weighted by Crippen LogP contribution is -2.38. The van der Waals surface area contributed by atoms with Crippen LogP contribution in [0.3, 0.4) is 0 Å². The highest BCUT2D eigenvalue weighted by atomic mass is 32.2. The van der Waals surface area contributed by atoms with E-state index >= 15 is 0 Å².